The van der Waals surface area contributed by atoms with Crippen molar-refractivity contribution in [3.05, 3.63) is 24.3 Å². The second-order valence-electron chi connectivity index (χ2n) is 5.93. The summed E-state index contributed by atoms with van der Waals surface area (Å²) in [7, 11) is -3.48. The summed E-state index contributed by atoms with van der Waals surface area (Å²) in [6, 6.07) is 6.44. The first-order chi connectivity index (χ1) is 11.5. The van der Waals surface area contributed by atoms with Gasteiger partial charge in [0.25, 0.3) is 0 Å². The maximum Gasteiger partial charge on any atom is 0.243 e. The van der Waals surface area contributed by atoms with E-state index in [0.29, 0.717) is 25.2 Å². The summed E-state index contributed by atoms with van der Waals surface area (Å²) in [5.41, 5.74) is 0.626. The van der Waals surface area contributed by atoms with Crippen LogP contribution in [0.15, 0.2) is 29.2 Å². The first-order valence-corrected chi connectivity index (χ1v) is 10.3. The number of rotatable bonds is 11. The molecule has 0 heterocycles. The van der Waals surface area contributed by atoms with E-state index in [0.717, 1.165) is 32.1 Å². The number of hydrogen-bond acceptors (Lipinski definition) is 3. The van der Waals surface area contributed by atoms with Gasteiger partial charge in [0.05, 0.1) is 4.90 Å². The van der Waals surface area contributed by atoms with E-state index in [-0.39, 0.29) is 10.8 Å². The van der Waals surface area contributed by atoms with E-state index in [1.807, 2.05) is 6.92 Å². The van der Waals surface area contributed by atoms with Crippen molar-refractivity contribution in [1.29, 1.82) is 0 Å². The lowest BCUT2D eigenvalue weighted by Gasteiger charge is -2.22. The second kappa shape index (κ2) is 10.5. The highest BCUT2D eigenvalue weighted by atomic mass is 32.2. The molecule has 0 radical (unpaired) electrons. The number of benzene rings is 1. The van der Waals surface area contributed by atoms with Crippen LogP contribution in [0.2, 0.25) is 0 Å². The fourth-order valence-corrected chi connectivity index (χ4v) is 3.85. The van der Waals surface area contributed by atoms with E-state index in [1.54, 1.807) is 28.6 Å². The molecule has 0 saturated carbocycles. The fraction of sp³-hybridized carbons (Fsp3) is 0.611. The molecular weight excluding hydrogens is 324 g/mol. The van der Waals surface area contributed by atoms with E-state index in [9.17, 15) is 13.2 Å². The third-order valence-electron chi connectivity index (χ3n) is 3.78. The van der Waals surface area contributed by atoms with Gasteiger partial charge in [-0.1, -0.05) is 33.6 Å². The first-order valence-electron chi connectivity index (χ1n) is 8.85. The third kappa shape index (κ3) is 6.24. The number of unbranched alkanes of at least 4 members (excludes halogenated alkanes) is 2. The summed E-state index contributed by atoms with van der Waals surface area (Å²) in [6.07, 6.45) is 4.87. The highest BCUT2D eigenvalue weighted by Crippen LogP contribution is 2.20. The number of anilines is 1. The molecule has 0 spiro atoms. The van der Waals surface area contributed by atoms with Crippen LogP contribution in [0.3, 0.4) is 0 Å². The average molecular weight is 355 g/mol. The summed E-state index contributed by atoms with van der Waals surface area (Å²) >= 11 is 0. The summed E-state index contributed by atoms with van der Waals surface area (Å²) in [5, 5.41) is 2.77. The summed E-state index contributed by atoms with van der Waals surface area (Å²) in [4.78, 5) is 11.9. The molecule has 0 aliphatic carbocycles. The lowest BCUT2D eigenvalue weighted by molar-refractivity contribution is -0.116. The second-order valence-corrected chi connectivity index (χ2v) is 7.87. The summed E-state index contributed by atoms with van der Waals surface area (Å²) in [6.45, 7) is 7.15. The standard InChI is InChI=1S/C18H30N2O3S/c1-4-7-14-20(15-8-5-2)24(22,23)17-12-10-16(11-13-17)19-18(21)9-6-3/h10-13H,4-9,14-15H2,1-3H3,(H,19,21). The molecule has 0 fully saturated rings. The number of nitrogens with zero attached hydrogens (tertiary/aromatic N) is 1. The van der Waals surface area contributed by atoms with Gasteiger partial charge in [-0.05, 0) is 43.5 Å². The Morgan fingerprint density at radius 3 is 1.96 bits per heavy atom. The minimum atomic E-state index is -3.48. The normalized spacial score (nSPS) is 11.7. The van der Waals surface area contributed by atoms with Crippen molar-refractivity contribution in [2.24, 2.45) is 0 Å². The maximum atomic E-state index is 12.8. The largest absolute Gasteiger partial charge is 0.326 e. The van der Waals surface area contributed by atoms with E-state index in [1.165, 1.54) is 0 Å². The zero-order chi connectivity index (χ0) is 18.0. The predicted molar refractivity (Wildman–Crippen MR) is 98.6 cm³/mol. The van der Waals surface area contributed by atoms with Gasteiger partial charge in [0, 0.05) is 25.2 Å². The average Bonchev–Trinajstić information content (AvgIpc) is 2.55. The highest BCUT2D eigenvalue weighted by Gasteiger charge is 2.23. The molecule has 6 heteroatoms. The zero-order valence-electron chi connectivity index (χ0n) is 15.0. The molecule has 136 valence electrons. The maximum absolute atomic E-state index is 12.8. The number of sulfonamides is 1. The molecule has 0 aliphatic rings. The van der Waals surface area contributed by atoms with Crippen molar-refractivity contribution in [3.63, 3.8) is 0 Å². The van der Waals surface area contributed by atoms with Gasteiger partial charge in [0.2, 0.25) is 15.9 Å². The molecule has 0 bridgehead atoms. The van der Waals surface area contributed by atoms with Crippen LogP contribution in [0, 0.1) is 0 Å². The Morgan fingerprint density at radius 1 is 0.958 bits per heavy atom. The summed E-state index contributed by atoms with van der Waals surface area (Å²) < 4.78 is 27.2. The van der Waals surface area contributed by atoms with Gasteiger partial charge in [-0.15, -0.1) is 0 Å². The molecule has 0 unspecified atom stereocenters. The molecule has 0 atom stereocenters. The van der Waals surface area contributed by atoms with Crippen molar-refractivity contribution in [2.45, 2.75) is 64.2 Å². The first kappa shape index (κ1) is 20.6. The number of amides is 1. The topological polar surface area (TPSA) is 66.5 Å². The Balaban J connectivity index is 2.88. The summed E-state index contributed by atoms with van der Waals surface area (Å²) in [5.74, 6) is -0.0550. The molecule has 0 aromatic heterocycles. The highest BCUT2D eigenvalue weighted by molar-refractivity contribution is 7.89. The van der Waals surface area contributed by atoms with Crippen molar-refractivity contribution < 1.29 is 13.2 Å². The monoisotopic (exact) mass is 354 g/mol. The van der Waals surface area contributed by atoms with Crippen LogP contribution in [-0.2, 0) is 14.8 Å². The molecule has 5 nitrogen and oxygen atoms in total. The Bertz CT molecular complexity index is 589. The SMILES string of the molecule is CCCCN(CCCC)S(=O)(=O)c1ccc(NC(=O)CCC)cc1. The molecule has 1 aromatic carbocycles. The molecule has 1 aromatic rings. The van der Waals surface area contributed by atoms with E-state index < -0.39 is 10.0 Å². The Kier molecular flexibility index (Phi) is 9.00. The van der Waals surface area contributed by atoms with Crippen molar-refractivity contribution in [3.8, 4) is 0 Å². The predicted octanol–water partition coefficient (Wildman–Crippen LogP) is 4.02. The van der Waals surface area contributed by atoms with Crippen LogP contribution in [-0.4, -0.2) is 31.7 Å². The lowest BCUT2D eigenvalue weighted by atomic mass is 10.3. The van der Waals surface area contributed by atoms with Gasteiger partial charge in [-0.2, -0.15) is 4.31 Å². The molecule has 1 amide bonds. The van der Waals surface area contributed by atoms with Gasteiger partial charge in [0.1, 0.15) is 0 Å². The van der Waals surface area contributed by atoms with Gasteiger partial charge in [-0.25, -0.2) is 8.42 Å². The molecular formula is C18H30N2O3S. The number of carbonyl (C=O) groups excluding carboxylic acids is 1. The molecule has 1 N–H and O–H groups in total. The van der Waals surface area contributed by atoms with Gasteiger partial charge >= 0.3 is 0 Å². The van der Waals surface area contributed by atoms with Crippen molar-refractivity contribution >= 4 is 21.6 Å². The molecule has 0 saturated heterocycles. The molecule has 0 aliphatic heterocycles. The third-order valence-corrected chi connectivity index (χ3v) is 5.69. The van der Waals surface area contributed by atoms with Crippen LogP contribution in [0.4, 0.5) is 5.69 Å². The van der Waals surface area contributed by atoms with Crippen LogP contribution in [0.5, 0.6) is 0 Å². The quantitative estimate of drug-likeness (QED) is 0.653. The Hall–Kier alpha value is -1.40. The van der Waals surface area contributed by atoms with E-state index in [4.69, 9.17) is 0 Å². The van der Waals surface area contributed by atoms with Crippen LogP contribution >= 0.6 is 0 Å². The fourth-order valence-electron chi connectivity index (χ4n) is 2.33. The number of hydrogen-bond donors (Lipinski definition) is 1. The molecule has 1 rings (SSSR count). The van der Waals surface area contributed by atoms with Crippen LogP contribution < -0.4 is 5.32 Å². The van der Waals surface area contributed by atoms with Crippen LogP contribution in [0.1, 0.15) is 59.3 Å². The minimum Gasteiger partial charge on any atom is -0.326 e. The van der Waals surface area contributed by atoms with Crippen LogP contribution in [0.25, 0.3) is 0 Å². The van der Waals surface area contributed by atoms with Crippen molar-refractivity contribution in [2.75, 3.05) is 18.4 Å². The minimum absolute atomic E-state index is 0.0550. The van der Waals surface area contributed by atoms with E-state index >= 15 is 0 Å². The van der Waals surface area contributed by atoms with Crippen molar-refractivity contribution in [1.82, 2.24) is 4.31 Å². The van der Waals surface area contributed by atoms with Gasteiger partial charge in [0.15, 0.2) is 0 Å². The zero-order valence-corrected chi connectivity index (χ0v) is 15.9. The van der Waals surface area contributed by atoms with E-state index in [2.05, 4.69) is 19.2 Å². The van der Waals surface area contributed by atoms with Gasteiger partial charge in [-0.3, -0.25) is 4.79 Å². The lowest BCUT2D eigenvalue weighted by Crippen LogP contribution is -2.33. The van der Waals surface area contributed by atoms with Gasteiger partial charge < -0.3 is 5.32 Å². The number of nitrogens with one attached hydrogen (secondary N) is 1. The Morgan fingerprint density at radius 2 is 1.50 bits per heavy atom. The number of carbonyl (C=O) groups is 1. The Labute approximate surface area is 146 Å². The molecule has 24 heavy (non-hydrogen) atoms. The smallest absolute Gasteiger partial charge is 0.243 e.